The van der Waals surface area contributed by atoms with Crippen molar-refractivity contribution in [2.24, 2.45) is 0 Å². The molecule has 1 aliphatic rings. The fraction of sp³-hybridized carbons (Fsp3) is 0.348. The Labute approximate surface area is 176 Å². The average Bonchev–Trinajstić information content (AvgIpc) is 3.19. The van der Waals surface area contributed by atoms with Crippen molar-refractivity contribution in [1.82, 2.24) is 0 Å². The summed E-state index contributed by atoms with van der Waals surface area (Å²) >= 11 is 0. The maximum Gasteiger partial charge on any atom is 0.338 e. The number of hydrogen-bond acceptors (Lipinski definition) is 5. The Balaban J connectivity index is 1.44. The first-order valence-corrected chi connectivity index (χ1v) is 10.2. The number of benzene rings is 2. The lowest BCUT2D eigenvalue weighted by atomic mass is 10.2. The molecule has 1 fully saturated rings. The monoisotopic (exact) mass is 410 g/mol. The number of carbonyl (C=O) groups excluding carboxylic acids is 3. The zero-order chi connectivity index (χ0) is 21.3. The van der Waals surface area contributed by atoms with Gasteiger partial charge in [-0.2, -0.15) is 0 Å². The number of ether oxygens (including phenoxy) is 2. The van der Waals surface area contributed by atoms with E-state index in [1.807, 2.05) is 0 Å². The lowest BCUT2D eigenvalue weighted by Crippen LogP contribution is -2.23. The molecule has 2 aromatic rings. The van der Waals surface area contributed by atoms with Crippen molar-refractivity contribution < 1.29 is 23.9 Å². The van der Waals surface area contributed by atoms with Gasteiger partial charge in [0.2, 0.25) is 5.91 Å². The normalized spacial score (nSPS) is 13.2. The molecule has 7 heteroatoms. The Morgan fingerprint density at radius 3 is 2.43 bits per heavy atom. The lowest BCUT2D eigenvalue weighted by Gasteiger charge is -2.16. The van der Waals surface area contributed by atoms with E-state index in [1.54, 1.807) is 53.4 Å². The quantitative estimate of drug-likeness (QED) is 0.502. The van der Waals surface area contributed by atoms with Gasteiger partial charge in [0.15, 0.2) is 6.61 Å². The highest BCUT2D eigenvalue weighted by atomic mass is 16.5. The molecule has 2 amide bonds. The molecule has 1 saturated heterocycles. The molecule has 2 aromatic carbocycles. The van der Waals surface area contributed by atoms with Crippen LogP contribution in [0.25, 0.3) is 0 Å². The van der Waals surface area contributed by atoms with Crippen LogP contribution in [-0.2, 0) is 14.3 Å². The highest BCUT2D eigenvalue weighted by Crippen LogP contribution is 2.23. The summed E-state index contributed by atoms with van der Waals surface area (Å²) < 4.78 is 10.6. The van der Waals surface area contributed by atoms with Gasteiger partial charge in [-0.05, 0) is 61.4 Å². The molecular weight excluding hydrogens is 384 g/mol. The van der Waals surface area contributed by atoms with Gasteiger partial charge in [0.05, 0.1) is 12.2 Å². The van der Waals surface area contributed by atoms with Gasteiger partial charge in [-0.1, -0.05) is 13.3 Å². The van der Waals surface area contributed by atoms with Crippen LogP contribution < -0.4 is 15.0 Å². The second-order valence-corrected chi connectivity index (χ2v) is 7.05. The van der Waals surface area contributed by atoms with Crippen LogP contribution in [-0.4, -0.2) is 37.5 Å². The molecule has 0 bridgehead atoms. The molecule has 0 aromatic heterocycles. The van der Waals surface area contributed by atoms with Crippen molar-refractivity contribution in [1.29, 1.82) is 0 Å². The van der Waals surface area contributed by atoms with Gasteiger partial charge in [-0.25, -0.2) is 4.79 Å². The Morgan fingerprint density at radius 1 is 1.07 bits per heavy atom. The number of nitrogens with zero attached hydrogens (tertiary/aromatic N) is 1. The third-order valence-corrected chi connectivity index (χ3v) is 4.73. The van der Waals surface area contributed by atoms with E-state index in [-0.39, 0.29) is 12.5 Å². The van der Waals surface area contributed by atoms with E-state index < -0.39 is 11.9 Å². The van der Waals surface area contributed by atoms with Crippen LogP contribution in [0.4, 0.5) is 11.4 Å². The minimum atomic E-state index is -0.576. The van der Waals surface area contributed by atoms with E-state index in [2.05, 4.69) is 12.2 Å². The van der Waals surface area contributed by atoms with Crippen molar-refractivity contribution in [3.8, 4) is 5.75 Å². The summed E-state index contributed by atoms with van der Waals surface area (Å²) in [5, 5.41) is 2.68. The largest absolute Gasteiger partial charge is 0.494 e. The molecular formula is C23H26N2O5. The predicted octanol–water partition coefficient (Wildman–Crippen LogP) is 3.79. The molecule has 7 nitrogen and oxygen atoms in total. The van der Waals surface area contributed by atoms with Crippen LogP contribution >= 0.6 is 0 Å². The van der Waals surface area contributed by atoms with Gasteiger partial charge < -0.3 is 19.7 Å². The number of unbranched alkanes of at least 4 members (excludes halogenated alkanes) is 1. The number of rotatable bonds is 9. The van der Waals surface area contributed by atoms with Crippen LogP contribution in [0.5, 0.6) is 5.75 Å². The molecule has 1 heterocycles. The highest BCUT2D eigenvalue weighted by Gasteiger charge is 2.21. The molecule has 0 atom stereocenters. The molecule has 1 N–H and O–H groups in total. The lowest BCUT2D eigenvalue weighted by molar-refractivity contribution is -0.119. The molecule has 158 valence electrons. The Morgan fingerprint density at radius 2 is 1.80 bits per heavy atom. The zero-order valence-corrected chi connectivity index (χ0v) is 17.1. The third kappa shape index (κ3) is 5.83. The zero-order valence-electron chi connectivity index (χ0n) is 17.1. The van der Waals surface area contributed by atoms with Gasteiger partial charge in [-0.3, -0.25) is 9.59 Å². The van der Waals surface area contributed by atoms with E-state index in [4.69, 9.17) is 9.47 Å². The summed E-state index contributed by atoms with van der Waals surface area (Å²) in [7, 11) is 0. The van der Waals surface area contributed by atoms with Crippen LogP contribution in [0.1, 0.15) is 43.0 Å². The summed E-state index contributed by atoms with van der Waals surface area (Å²) in [4.78, 5) is 37.7. The van der Waals surface area contributed by atoms with E-state index in [0.29, 0.717) is 36.6 Å². The summed E-state index contributed by atoms with van der Waals surface area (Å²) in [6.45, 7) is 3.05. The number of nitrogens with one attached hydrogen (secondary N) is 1. The first kappa shape index (κ1) is 21.4. The van der Waals surface area contributed by atoms with Crippen molar-refractivity contribution >= 4 is 29.2 Å². The number of hydrogen-bond donors (Lipinski definition) is 1. The minimum Gasteiger partial charge on any atom is -0.494 e. The fourth-order valence-corrected chi connectivity index (χ4v) is 3.08. The van der Waals surface area contributed by atoms with Crippen LogP contribution in [0.15, 0.2) is 48.5 Å². The molecule has 1 aliphatic heterocycles. The fourth-order valence-electron chi connectivity index (χ4n) is 3.08. The molecule has 0 unspecified atom stereocenters. The molecule has 0 aliphatic carbocycles. The molecule has 30 heavy (non-hydrogen) atoms. The molecule has 0 radical (unpaired) electrons. The molecule has 0 spiro atoms. The van der Waals surface area contributed by atoms with Crippen molar-refractivity contribution in [2.75, 3.05) is 30.0 Å². The highest BCUT2D eigenvalue weighted by molar-refractivity contribution is 5.97. The van der Waals surface area contributed by atoms with Gasteiger partial charge in [0.1, 0.15) is 5.75 Å². The SMILES string of the molecule is CCCCOc1ccc(C(=O)OCC(=O)Nc2ccc(N3CCCC3=O)cc2)cc1. The van der Waals surface area contributed by atoms with E-state index >= 15 is 0 Å². The Kier molecular flexibility index (Phi) is 7.43. The van der Waals surface area contributed by atoms with Gasteiger partial charge >= 0.3 is 5.97 Å². The number of amides is 2. The first-order valence-electron chi connectivity index (χ1n) is 10.2. The molecule has 0 saturated carbocycles. The smallest absolute Gasteiger partial charge is 0.338 e. The number of carbonyl (C=O) groups is 3. The van der Waals surface area contributed by atoms with E-state index in [9.17, 15) is 14.4 Å². The summed E-state index contributed by atoms with van der Waals surface area (Å²) in [5.74, 6) is -0.211. The molecule has 3 rings (SSSR count). The van der Waals surface area contributed by atoms with Crippen molar-refractivity contribution in [3.63, 3.8) is 0 Å². The number of anilines is 2. The standard InChI is InChI=1S/C23H26N2O5/c1-2-3-15-29-20-12-6-17(7-13-20)23(28)30-16-21(26)24-18-8-10-19(11-9-18)25-14-4-5-22(25)27/h6-13H,2-5,14-16H2,1H3,(H,24,26). The maximum absolute atomic E-state index is 12.1. The van der Waals surface area contributed by atoms with E-state index in [1.165, 1.54) is 0 Å². The summed E-state index contributed by atoms with van der Waals surface area (Å²) in [6, 6.07) is 13.7. The summed E-state index contributed by atoms with van der Waals surface area (Å²) in [6.07, 6.45) is 3.45. The summed E-state index contributed by atoms with van der Waals surface area (Å²) in [5.41, 5.74) is 1.73. The number of esters is 1. The van der Waals surface area contributed by atoms with E-state index in [0.717, 1.165) is 24.9 Å². The van der Waals surface area contributed by atoms with Crippen molar-refractivity contribution in [3.05, 3.63) is 54.1 Å². The van der Waals surface area contributed by atoms with Gasteiger partial charge in [0.25, 0.3) is 5.91 Å². The second kappa shape index (κ2) is 10.4. The Bertz CT molecular complexity index is 877. The van der Waals surface area contributed by atoms with Gasteiger partial charge in [0, 0.05) is 24.3 Å². The predicted molar refractivity (Wildman–Crippen MR) is 114 cm³/mol. The van der Waals surface area contributed by atoms with Gasteiger partial charge in [-0.15, -0.1) is 0 Å². The van der Waals surface area contributed by atoms with Crippen LogP contribution in [0.3, 0.4) is 0 Å². The maximum atomic E-state index is 12.1. The van der Waals surface area contributed by atoms with Crippen LogP contribution in [0.2, 0.25) is 0 Å². The minimum absolute atomic E-state index is 0.110. The second-order valence-electron chi connectivity index (χ2n) is 7.05. The topological polar surface area (TPSA) is 84.9 Å². The van der Waals surface area contributed by atoms with Crippen molar-refractivity contribution in [2.45, 2.75) is 32.6 Å². The Hall–Kier alpha value is -3.35. The first-order chi connectivity index (χ1) is 14.6. The average molecular weight is 410 g/mol. The van der Waals surface area contributed by atoms with Crippen LogP contribution in [0, 0.1) is 0 Å². The third-order valence-electron chi connectivity index (χ3n) is 4.73.